The lowest BCUT2D eigenvalue weighted by atomic mass is 10.2. The van der Waals surface area contributed by atoms with Gasteiger partial charge in [-0.05, 0) is 18.1 Å². The van der Waals surface area contributed by atoms with Crippen molar-refractivity contribution in [2.45, 2.75) is 0 Å². The second-order valence-electron chi connectivity index (χ2n) is 2.24. The molecule has 0 saturated carbocycles. The molecule has 0 aliphatic heterocycles. The lowest BCUT2D eigenvalue weighted by Gasteiger charge is -1.95. The fraction of sp³-hybridized carbons (Fsp3) is 0. The Balaban J connectivity index is 2.91. The Morgan fingerprint density at radius 3 is 3.00 bits per heavy atom. The summed E-state index contributed by atoms with van der Waals surface area (Å²) in [5, 5.41) is 0.822. The van der Waals surface area contributed by atoms with Gasteiger partial charge in [-0.1, -0.05) is 0 Å². The molecular formula is C9H5N3. The third-order valence-electron chi connectivity index (χ3n) is 1.55. The molecule has 2 rings (SSSR count). The maximum absolute atomic E-state index is 5.25. The Bertz CT molecular complexity index is 451. The van der Waals surface area contributed by atoms with Gasteiger partial charge in [0.15, 0.2) is 5.65 Å². The SMILES string of the molecule is C#Cc1ncnc2ncccc12. The Labute approximate surface area is 69.5 Å². The van der Waals surface area contributed by atoms with Gasteiger partial charge in [0, 0.05) is 6.20 Å². The number of pyridine rings is 1. The topological polar surface area (TPSA) is 38.7 Å². The van der Waals surface area contributed by atoms with Crippen molar-refractivity contribution in [1.82, 2.24) is 15.0 Å². The zero-order valence-corrected chi connectivity index (χ0v) is 6.23. The highest BCUT2D eigenvalue weighted by Gasteiger charge is 1.98. The van der Waals surface area contributed by atoms with Crippen molar-refractivity contribution in [3.05, 3.63) is 30.4 Å². The van der Waals surface area contributed by atoms with Gasteiger partial charge in [0.1, 0.15) is 12.0 Å². The maximum atomic E-state index is 5.25. The molecule has 0 saturated heterocycles. The third-order valence-corrected chi connectivity index (χ3v) is 1.55. The molecule has 56 valence electrons. The van der Waals surface area contributed by atoms with Crippen molar-refractivity contribution >= 4 is 11.0 Å². The summed E-state index contributed by atoms with van der Waals surface area (Å²) in [6.45, 7) is 0. The van der Waals surface area contributed by atoms with Crippen LogP contribution in [0.25, 0.3) is 11.0 Å². The van der Waals surface area contributed by atoms with Gasteiger partial charge >= 0.3 is 0 Å². The fourth-order valence-electron chi connectivity index (χ4n) is 1.01. The van der Waals surface area contributed by atoms with Crippen molar-refractivity contribution in [2.75, 3.05) is 0 Å². The number of rotatable bonds is 0. The molecule has 0 amide bonds. The van der Waals surface area contributed by atoms with Crippen LogP contribution in [0.5, 0.6) is 0 Å². The summed E-state index contributed by atoms with van der Waals surface area (Å²) in [6, 6.07) is 3.67. The molecule has 0 aliphatic carbocycles. The van der Waals surface area contributed by atoms with E-state index in [4.69, 9.17) is 6.42 Å². The van der Waals surface area contributed by atoms with Crippen LogP contribution in [0.2, 0.25) is 0 Å². The van der Waals surface area contributed by atoms with E-state index in [0.717, 1.165) is 5.39 Å². The molecule has 2 aromatic heterocycles. The Morgan fingerprint density at radius 1 is 1.25 bits per heavy atom. The zero-order chi connectivity index (χ0) is 8.39. The number of hydrogen-bond donors (Lipinski definition) is 0. The Morgan fingerprint density at radius 2 is 2.17 bits per heavy atom. The molecule has 0 bridgehead atoms. The average molecular weight is 155 g/mol. The van der Waals surface area contributed by atoms with E-state index in [2.05, 4.69) is 20.9 Å². The minimum atomic E-state index is 0.591. The second-order valence-corrected chi connectivity index (χ2v) is 2.24. The minimum Gasteiger partial charge on any atom is -0.236 e. The van der Waals surface area contributed by atoms with E-state index < -0.39 is 0 Å². The molecule has 12 heavy (non-hydrogen) atoms. The van der Waals surface area contributed by atoms with Gasteiger partial charge in [-0.25, -0.2) is 15.0 Å². The molecule has 2 heterocycles. The molecule has 0 spiro atoms. The van der Waals surface area contributed by atoms with Gasteiger partial charge in [-0.3, -0.25) is 0 Å². The minimum absolute atomic E-state index is 0.591. The van der Waals surface area contributed by atoms with E-state index in [9.17, 15) is 0 Å². The van der Waals surface area contributed by atoms with Crippen molar-refractivity contribution in [1.29, 1.82) is 0 Å². The number of aromatic nitrogens is 3. The molecule has 0 N–H and O–H groups in total. The second kappa shape index (κ2) is 2.59. The van der Waals surface area contributed by atoms with Crippen molar-refractivity contribution in [2.24, 2.45) is 0 Å². The van der Waals surface area contributed by atoms with Crippen LogP contribution in [0.15, 0.2) is 24.7 Å². The first-order chi connectivity index (χ1) is 5.92. The standard InChI is InChI=1S/C9H5N3/c1-2-8-7-4-3-5-10-9(7)12-6-11-8/h1,3-6H. The summed E-state index contributed by atoms with van der Waals surface area (Å²) in [4.78, 5) is 12.0. The van der Waals surface area contributed by atoms with Crippen LogP contribution in [0, 0.1) is 12.3 Å². The lowest BCUT2D eigenvalue weighted by molar-refractivity contribution is 1.16. The van der Waals surface area contributed by atoms with Crippen molar-refractivity contribution < 1.29 is 0 Å². The largest absolute Gasteiger partial charge is 0.236 e. The predicted molar refractivity (Wildman–Crippen MR) is 45.3 cm³/mol. The predicted octanol–water partition coefficient (Wildman–Crippen LogP) is 1.01. The highest BCUT2D eigenvalue weighted by atomic mass is 14.9. The highest BCUT2D eigenvalue weighted by Crippen LogP contribution is 2.09. The van der Waals surface area contributed by atoms with Crippen LogP contribution >= 0.6 is 0 Å². The first kappa shape index (κ1) is 6.74. The molecular weight excluding hydrogens is 150 g/mol. The van der Waals surface area contributed by atoms with Gasteiger partial charge in [-0.15, -0.1) is 6.42 Å². The molecule has 3 heteroatoms. The van der Waals surface area contributed by atoms with E-state index in [1.165, 1.54) is 6.33 Å². The van der Waals surface area contributed by atoms with E-state index in [1.807, 2.05) is 12.1 Å². The van der Waals surface area contributed by atoms with E-state index in [-0.39, 0.29) is 0 Å². The molecule has 2 aromatic rings. The monoisotopic (exact) mass is 155 g/mol. The smallest absolute Gasteiger partial charge is 0.163 e. The number of fused-ring (bicyclic) bond motifs is 1. The maximum Gasteiger partial charge on any atom is 0.163 e. The molecule has 0 fully saturated rings. The summed E-state index contributed by atoms with van der Waals surface area (Å²) < 4.78 is 0. The average Bonchev–Trinajstić information content (AvgIpc) is 2.17. The highest BCUT2D eigenvalue weighted by molar-refractivity contribution is 5.79. The van der Waals surface area contributed by atoms with Crippen molar-refractivity contribution in [3.8, 4) is 12.3 Å². The molecule has 0 aromatic carbocycles. The van der Waals surface area contributed by atoms with Crippen LogP contribution in [-0.2, 0) is 0 Å². The molecule has 0 atom stereocenters. The van der Waals surface area contributed by atoms with Crippen LogP contribution in [0.4, 0.5) is 0 Å². The number of terminal acetylenes is 1. The summed E-state index contributed by atoms with van der Waals surface area (Å²) in [7, 11) is 0. The summed E-state index contributed by atoms with van der Waals surface area (Å²) >= 11 is 0. The zero-order valence-electron chi connectivity index (χ0n) is 6.23. The quantitative estimate of drug-likeness (QED) is 0.533. The van der Waals surface area contributed by atoms with Crippen molar-refractivity contribution in [3.63, 3.8) is 0 Å². The van der Waals surface area contributed by atoms with Gasteiger partial charge < -0.3 is 0 Å². The summed E-state index contributed by atoms with van der Waals surface area (Å²) in [5.74, 6) is 2.48. The van der Waals surface area contributed by atoms with Crippen LogP contribution in [0.3, 0.4) is 0 Å². The normalized spacial score (nSPS) is 9.58. The van der Waals surface area contributed by atoms with Gasteiger partial charge in [0.25, 0.3) is 0 Å². The third kappa shape index (κ3) is 0.903. The molecule has 0 unspecified atom stereocenters. The first-order valence-electron chi connectivity index (χ1n) is 3.44. The van der Waals surface area contributed by atoms with Gasteiger partial charge in [0.2, 0.25) is 0 Å². The summed E-state index contributed by atoms with van der Waals surface area (Å²) in [6.07, 6.45) is 8.35. The molecule has 0 aliphatic rings. The van der Waals surface area contributed by atoms with Gasteiger partial charge in [0.05, 0.1) is 5.39 Å². The van der Waals surface area contributed by atoms with E-state index >= 15 is 0 Å². The van der Waals surface area contributed by atoms with Crippen LogP contribution < -0.4 is 0 Å². The van der Waals surface area contributed by atoms with Crippen LogP contribution in [-0.4, -0.2) is 15.0 Å². The van der Waals surface area contributed by atoms with Gasteiger partial charge in [-0.2, -0.15) is 0 Å². The first-order valence-corrected chi connectivity index (χ1v) is 3.44. The number of nitrogens with zero attached hydrogens (tertiary/aromatic N) is 3. The Hall–Kier alpha value is -1.95. The summed E-state index contributed by atoms with van der Waals surface area (Å²) in [5.41, 5.74) is 1.23. The number of hydrogen-bond acceptors (Lipinski definition) is 3. The Kier molecular flexibility index (Phi) is 1.45. The lowest BCUT2D eigenvalue weighted by Crippen LogP contribution is -1.89. The van der Waals surface area contributed by atoms with E-state index in [1.54, 1.807) is 6.20 Å². The fourth-order valence-corrected chi connectivity index (χ4v) is 1.01. The molecule has 0 radical (unpaired) electrons. The van der Waals surface area contributed by atoms with E-state index in [0.29, 0.717) is 11.3 Å². The van der Waals surface area contributed by atoms with Crippen LogP contribution in [0.1, 0.15) is 5.69 Å². The molecule has 3 nitrogen and oxygen atoms in total.